The highest BCUT2D eigenvalue weighted by Crippen LogP contribution is 2.11. The smallest absolute Gasteiger partial charge is 0.162 e. The zero-order chi connectivity index (χ0) is 13.2. The van der Waals surface area contributed by atoms with Gasteiger partial charge in [0.05, 0.1) is 0 Å². The normalized spacial score (nSPS) is 10.6. The van der Waals surface area contributed by atoms with E-state index in [0.29, 0.717) is 13.0 Å². The molecule has 3 nitrogen and oxygen atoms in total. The van der Waals surface area contributed by atoms with Crippen LogP contribution < -0.4 is 5.73 Å². The van der Waals surface area contributed by atoms with E-state index in [1.54, 1.807) is 0 Å². The number of ketones is 1. The number of hydrogen-bond donors (Lipinski definition) is 2. The van der Waals surface area contributed by atoms with Gasteiger partial charge in [-0.15, -0.1) is 0 Å². The van der Waals surface area contributed by atoms with Crippen molar-refractivity contribution < 1.29 is 9.90 Å². The van der Waals surface area contributed by atoms with Crippen molar-refractivity contribution in [2.24, 2.45) is 5.73 Å². The van der Waals surface area contributed by atoms with Gasteiger partial charge in [-0.1, -0.05) is 30.7 Å². The second-order valence-electron chi connectivity index (χ2n) is 4.55. The number of rotatable bonds is 9. The molecule has 3 heteroatoms. The molecular formula is C15H23NO2. The largest absolute Gasteiger partial charge is 0.396 e. The Kier molecular flexibility index (Phi) is 7.30. The Bertz CT molecular complexity index is 346. The molecule has 0 saturated heterocycles. The van der Waals surface area contributed by atoms with Crippen molar-refractivity contribution in [2.75, 3.05) is 13.2 Å². The van der Waals surface area contributed by atoms with Crippen molar-refractivity contribution >= 4 is 5.78 Å². The molecule has 0 saturated carbocycles. The maximum absolute atomic E-state index is 11.9. The first kappa shape index (κ1) is 14.9. The highest BCUT2D eigenvalue weighted by atomic mass is 16.2. The highest BCUT2D eigenvalue weighted by molar-refractivity contribution is 5.96. The molecule has 0 bridgehead atoms. The lowest BCUT2D eigenvalue weighted by Gasteiger charge is -2.03. The molecule has 0 aliphatic carbocycles. The number of Topliss-reactive ketones (excluding diaryl/α,β-unsaturated/α-hetero) is 1. The predicted molar refractivity (Wildman–Crippen MR) is 73.7 cm³/mol. The number of benzene rings is 1. The molecule has 0 aliphatic rings. The molecule has 0 radical (unpaired) electrons. The predicted octanol–water partition coefficient (Wildman–Crippen LogP) is 2.31. The lowest BCUT2D eigenvalue weighted by atomic mass is 10.0. The van der Waals surface area contributed by atoms with Gasteiger partial charge in [-0.25, -0.2) is 0 Å². The van der Waals surface area contributed by atoms with Crippen molar-refractivity contribution in [2.45, 2.75) is 38.5 Å². The second-order valence-corrected chi connectivity index (χ2v) is 4.55. The van der Waals surface area contributed by atoms with Crippen molar-refractivity contribution in [3.63, 3.8) is 0 Å². The number of hydrogen-bond acceptors (Lipinski definition) is 3. The van der Waals surface area contributed by atoms with E-state index < -0.39 is 0 Å². The molecule has 0 atom stereocenters. The first-order valence-corrected chi connectivity index (χ1v) is 6.71. The van der Waals surface area contributed by atoms with Crippen LogP contribution in [0.1, 0.15) is 48.0 Å². The van der Waals surface area contributed by atoms with E-state index in [9.17, 15) is 4.79 Å². The van der Waals surface area contributed by atoms with Crippen LogP contribution in [0.2, 0.25) is 0 Å². The molecule has 0 spiro atoms. The molecule has 0 aliphatic heterocycles. The Morgan fingerprint density at radius 2 is 1.78 bits per heavy atom. The van der Waals surface area contributed by atoms with E-state index in [2.05, 4.69) is 0 Å². The van der Waals surface area contributed by atoms with Crippen LogP contribution in [0.4, 0.5) is 0 Å². The van der Waals surface area contributed by atoms with E-state index >= 15 is 0 Å². The molecule has 0 amide bonds. The van der Waals surface area contributed by atoms with Crippen LogP contribution in [0.15, 0.2) is 24.3 Å². The van der Waals surface area contributed by atoms with E-state index in [0.717, 1.165) is 37.7 Å². The molecule has 0 fully saturated rings. The van der Waals surface area contributed by atoms with Gasteiger partial charge in [0.1, 0.15) is 0 Å². The van der Waals surface area contributed by atoms with Crippen LogP contribution in [0.3, 0.4) is 0 Å². The summed E-state index contributed by atoms with van der Waals surface area (Å²) < 4.78 is 0. The summed E-state index contributed by atoms with van der Waals surface area (Å²) in [6.45, 7) is 0.912. The van der Waals surface area contributed by atoms with Gasteiger partial charge in [0.15, 0.2) is 5.78 Å². The summed E-state index contributed by atoms with van der Waals surface area (Å²) in [4.78, 5) is 11.9. The van der Waals surface area contributed by atoms with Gasteiger partial charge in [-0.2, -0.15) is 0 Å². The fourth-order valence-electron chi connectivity index (χ4n) is 1.89. The monoisotopic (exact) mass is 249 g/mol. The molecule has 0 unspecified atom stereocenters. The van der Waals surface area contributed by atoms with Crippen molar-refractivity contribution in [1.82, 2.24) is 0 Å². The second kappa shape index (κ2) is 8.84. The number of unbranched alkanes of at least 4 members (excludes halogenated alkanes) is 2. The lowest BCUT2D eigenvalue weighted by molar-refractivity contribution is 0.0979. The summed E-state index contributed by atoms with van der Waals surface area (Å²) in [7, 11) is 0. The van der Waals surface area contributed by atoms with Crippen LogP contribution >= 0.6 is 0 Å². The summed E-state index contributed by atoms with van der Waals surface area (Å²) in [5.41, 5.74) is 7.37. The van der Waals surface area contributed by atoms with E-state index in [1.807, 2.05) is 24.3 Å². The Hall–Kier alpha value is -1.19. The van der Waals surface area contributed by atoms with Crippen molar-refractivity contribution in [3.8, 4) is 0 Å². The summed E-state index contributed by atoms with van der Waals surface area (Å²) >= 11 is 0. The fraction of sp³-hybridized carbons (Fsp3) is 0.533. The third kappa shape index (κ3) is 5.43. The number of aryl methyl sites for hydroxylation is 1. The van der Waals surface area contributed by atoms with Gasteiger partial charge in [0.25, 0.3) is 0 Å². The first-order valence-electron chi connectivity index (χ1n) is 6.71. The summed E-state index contributed by atoms with van der Waals surface area (Å²) in [5, 5.41) is 8.75. The van der Waals surface area contributed by atoms with E-state index in [1.165, 1.54) is 5.56 Å². The van der Waals surface area contributed by atoms with Crippen LogP contribution in [0.25, 0.3) is 0 Å². The number of carbonyl (C=O) groups excluding carboxylic acids is 1. The Balaban J connectivity index is 2.38. The Morgan fingerprint density at radius 3 is 2.39 bits per heavy atom. The van der Waals surface area contributed by atoms with E-state index in [-0.39, 0.29) is 12.4 Å². The van der Waals surface area contributed by atoms with Crippen molar-refractivity contribution in [1.29, 1.82) is 0 Å². The number of aliphatic hydroxyl groups is 1. The molecular weight excluding hydrogens is 226 g/mol. The standard InChI is InChI=1S/C15H23NO2/c16-11-3-1-2-6-15(18)14-9-7-13(8-10-14)5-4-12-17/h7-10,17H,1-6,11-12,16H2. The Labute approximate surface area is 109 Å². The number of aliphatic hydroxyl groups excluding tert-OH is 1. The van der Waals surface area contributed by atoms with Crippen LogP contribution in [0, 0.1) is 0 Å². The minimum absolute atomic E-state index is 0.209. The van der Waals surface area contributed by atoms with Crippen LogP contribution in [-0.4, -0.2) is 24.0 Å². The summed E-state index contributed by atoms with van der Waals surface area (Å²) in [6, 6.07) is 7.72. The molecule has 0 aromatic heterocycles. The number of nitrogens with two attached hydrogens (primary N) is 1. The summed E-state index contributed by atoms with van der Waals surface area (Å²) in [6.07, 6.45) is 5.18. The van der Waals surface area contributed by atoms with Gasteiger partial charge in [0, 0.05) is 18.6 Å². The molecule has 1 aromatic rings. The molecule has 100 valence electrons. The molecule has 18 heavy (non-hydrogen) atoms. The number of carbonyl (C=O) groups is 1. The minimum atomic E-state index is 0.209. The molecule has 1 aromatic carbocycles. The molecule has 1 rings (SSSR count). The first-order chi connectivity index (χ1) is 8.77. The maximum atomic E-state index is 11.9. The lowest BCUT2D eigenvalue weighted by Crippen LogP contribution is -2.01. The van der Waals surface area contributed by atoms with Gasteiger partial charge < -0.3 is 10.8 Å². The van der Waals surface area contributed by atoms with Crippen LogP contribution in [-0.2, 0) is 6.42 Å². The third-order valence-corrected chi connectivity index (χ3v) is 3.01. The van der Waals surface area contributed by atoms with Gasteiger partial charge in [-0.3, -0.25) is 4.79 Å². The average molecular weight is 249 g/mol. The fourth-order valence-corrected chi connectivity index (χ4v) is 1.89. The zero-order valence-corrected chi connectivity index (χ0v) is 10.9. The van der Waals surface area contributed by atoms with Gasteiger partial charge in [0.2, 0.25) is 0 Å². The van der Waals surface area contributed by atoms with Gasteiger partial charge >= 0.3 is 0 Å². The SMILES string of the molecule is NCCCCCC(=O)c1ccc(CCCO)cc1. The molecule has 3 N–H and O–H groups in total. The van der Waals surface area contributed by atoms with E-state index in [4.69, 9.17) is 10.8 Å². The highest BCUT2D eigenvalue weighted by Gasteiger charge is 2.05. The summed E-state index contributed by atoms with van der Waals surface area (Å²) in [5.74, 6) is 0.209. The van der Waals surface area contributed by atoms with Crippen LogP contribution in [0.5, 0.6) is 0 Å². The van der Waals surface area contributed by atoms with Gasteiger partial charge in [-0.05, 0) is 37.8 Å². The zero-order valence-electron chi connectivity index (χ0n) is 10.9. The average Bonchev–Trinajstić information content (AvgIpc) is 2.41. The third-order valence-electron chi connectivity index (χ3n) is 3.01. The maximum Gasteiger partial charge on any atom is 0.162 e. The quantitative estimate of drug-likeness (QED) is 0.521. The molecule has 0 heterocycles. The Morgan fingerprint density at radius 1 is 1.06 bits per heavy atom. The minimum Gasteiger partial charge on any atom is -0.396 e. The van der Waals surface area contributed by atoms with Crippen molar-refractivity contribution in [3.05, 3.63) is 35.4 Å². The topological polar surface area (TPSA) is 63.3 Å².